The van der Waals surface area contributed by atoms with Crippen LogP contribution in [0.3, 0.4) is 0 Å². The number of rotatable bonds is 5. The largest absolute Gasteiger partial charge is 0.463 e. The van der Waals surface area contributed by atoms with Crippen molar-refractivity contribution in [2.24, 2.45) is 0 Å². The summed E-state index contributed by atoms with van der Waals surface area (Å²) in [5.74, 6) is -1.76. The van der Waals surface area contributed by atoms with Crippen molar-refractivity contribution in [3.8, 4) is 0 Å². The van der Waals surface area contributed by atoms with Crippen LogP contribution in [0.2, 0.25) is 5.15 Å². The summed E-state index contributed by atoms with van der Waals surface area (Å²) < 4.78 is 23.6. The van der Waals surface area contributed by atoms with Crippen LogP contribution in [0.15, 0.2) is 6.33 Å². The van der Waals surface area contributed by atoms with Crippen LogP contribution in [0.1, 0.15) is 27.0 Å². The molecule has 4 atom stereocenters. The zero-order valence-electron chi connectivity index (χ0n) is 15.5. The fraction of sp³-hybridized carbons (Fsp3) is 0.500. The molecule has 0 amide bonds. The van der Waals surface area contributed by atoms with Gasteiger partial charge in [-0.2, -0.15) is 0 Å². The Morgan fingerprint density at radius 3 is 2.41 bits per heavy atom. The summed E-state index contributed by atoms with van der Waals surface area (Å²) in [5.41, 5.74) is 0.663. The van der Waals surface area contributed by atoms with Crippen molar-refractivity contribution in [1.29, 1.82) is 0 Å². The average molecular weight is 539 g/mol. The van der Waals surface area contributed by atoms with E-state index in [9.17, 15) is 14.4 Å². The molecule has 0 unspecified atom stereocenters. The maximum Gasteiger partial charge on any atom is 0.303 e. The van der Waals surface area contributed by atoms with Crippen molar-refractivity contribution in [2.75, 3.05) is 6.61 Å². The Morgan fingerprint density at radius 2 is 1.79 bits per heavy atom. The third kappa shape index (κ3) is 4.75. The Labute approximate surface area is 183 Å². The minimum atomic E-state index is -1.04. The van der Waals surface area contributed by atoms with Gasteiger partial charge in [0, 0.05) is 43.4 Å². The fourth-order valence-corrected chi connectivity index (χ4v) is 3.79. The van der Waals surface area contributed by atoms with Crippen molar-refractivity contribution >= 4 is 63.3 Å². The molecular formula is C16H16ClIN4O7. The number of aromatic nitrogens is 4. The summed E-state index contributed by atoms with van der Waals surface area (Å²) >= 11 is 8.03. The summed E-state index contributed by atoms with van der Waals surface area (Å²) in [6.45, 7) is 3.46. The number of carbonyl (C=O) groups excluding carboxylic acids is 3. The SMILES string of the molecule is CC(=O)OC[C@H]1O[C@@H](n2cnc3c(Cl)nc(I)nc32)[C@@H](OC(C)=O)[C@@H]1OC(C)=O. The lowest BCUT2D eigenvalue weighted by Crippen LogP contribution is -2.40. The van der Waals surface area contributed by atoms with E-state index >= 15 is 0 Å². The summed E-state index contributed by atoms with van der Waals surface area (Å²) in [7, 11) is 0. The number of ether oxygens (including phenoxy) is 4. The molecule has 2 aromatic heterocycles. The van der Waals surface area contributed by atoms with Crippen LogP contribution in [0.25, 0.3) is 11.2 Å². The van der Waals surface area contributed by atoms with E-state index in [1.54, 1.807) is 0 Å². The van der Waals surface area contributed by atoms with Crippen molar-refractivity contribution in [2.45, 2.75) is 45.3 Å². The zero-order valence-corrected chi connectivity index (χ0v) is 18.4. The molecule has 0 spiro atoms. The predicted molar refractivity (Wildman–Crippen MR) is 105 cm³/mol. The molecule has 29 heavy (non-hydrogen) atoms. The molecule has 0 radical (unpaired) electrons. The number of imidazole rings is 1. The van der Waals surface area contributed by atoms with Crippen LogP contribution in [-0.2, 0) is 33.3 Å². The molecule has 1 saturated heterocycles. The van der Waals surface area contributed by atoms with Crippen LogP contribution < -0.4 is 0 Å². The molecule has 13 heteroatoms. The lowest BCUT2D eigenvalue weighted by molar-refractivity contribution is -0.166. The molecule has 0 aliphatic carbocycles. The summed E-state index contributed by atoms with van der Waals surface area (Å²) in [6.07, 6.45) is -2.50. The molecule has 0 N–H and O–H groups in total. The molecule has 0 bridgehead atoms. The van der Waals surface area contributed by atoms with Crippen LogP contribution in [0.4, 0.5) is 0 Å². The van der Waals surface area contributed by atoms with Gasteiger partial charge in [-0.3, -0.25) is 19.0 Å². The quantitative estimate of drug-likeness (QED) is 0.181. The first-order valence-electron chi connectivity index (χ1n) is 8.36. The molecular weight excluding hydrogens is 523 g/mol. The topological polar surface area (TPSA) is 132 Å². The van der Waals surface area contributed by atoms with Gasteiger partial charge in [-0.25, -0.2) is 15.0 Å². The Hall–Kier alpha value is -2.06. The monoisotopic (exact) mass is 538 g/mol. The fourth-order valence-electron chi connectivity index (χ4n) is 2.96. The number of fused-ring (bicyclic) bond motifs is 1. The minimum Gasteiger partial charge on any atom is -0.463 e. The molecule has 1 aliphatic heterocycles. The van der Waals surface area contributed by atoms with E-state index in [0.717, 1.165) is 0 Å². The molecule has 2 aromatic rings. The van der Waals surface area contributed by atoms with Gasteiger partial charge in [0.2, 0.25) is 0 Å². The lowest BCUT2D eigenvalue weighted by Gasteiger charge is -2.23. The van der Waals surface area contributed by atoms with Gasteiger partial charge in [0.25, 0.3) is 0 Å². The second-order valence-corrected chi connectivity index (χ2v) is 7.45. The highest BCUT2D eigenvalue weighted by molar-refractivity contribution is 14.1. The van der Waals surface area contributed by atoms with Gasteiger partial charge in [0.05, 0.1) is 6.33 Å². The normalized spacial score (nSPS) is 23.8. The van der Waals surface area contributed by atoms with Crippen LogP contribution in [-0.4, -0.2) is 62.3 Å². The van der Waals surface area contributed by atoms with E-state index in [-0.39, 0.29) is 11.8 Å². The molecule has 11 nitrogen and oxygen atoms in total. The number of nitrogens with zero attached hydrogens (tertiary/aromatic N) is 4. The van der Waals surface area contributed by atoms with Crippen LogP contribution >= 0.6 is 34.2 Å². The average Bonchev–Trinajstić information content (AvgIpc) is 3.15. The molecule has 1 fully saturated rings. The smallest absolute Gasteiger partial charge is 0.303 e. The van der Waals surface area contributed by atoms with Crippen LogP contribution in [0.5, 0.6) is 0 Å². The molecule has 3 heterocycles. The van der Waals surface area contributed by atoms with Crippen molar-refractivity contribution in [3.63, 3.8) is 0 Å². The Balaban J connectivity index is 2.04. The number of esters is 3. The lowest BCUT2D eigenvalue weighted by atomic mass is 10.1. The number of hydrogen-bond donors (Lipinski definition) is 0. The molecule has 0 aromatic carbocycles. The predicted octanol–water partition coefficient (Wildman–Crippen LogP) is 1.41. The van der Waals surface area contributed by atoms with E-state index in [2.05, 4.69) is 15.0 Å². The van der Waals surface area contributed by atoms with Gasteiger partial charge >= 0.3 is 17.9 Å². The highest BCUT2D eigenvalue weighted by atomic mass is 127. The second kappa shape index (κ2) is 8.75. The van der Waals surface area contributed by atoms with Crippen molar-refractivity contribution < 1.29 is 33.3 Å². The van der Waals surface area contributed by atoms with E-state index in [1.807, 2.05) is 22.6 Å². The first-order valence-corrected chi connectivity index (χ1v) is 9.82. The number of hydrogen-bond acceptors (Lipinski definition) is 10. The Bertz CT molecular complexity index is 968. The van der Waals surface area contributed by atoms with Gasteiger partial charge in [-0.05, 0) is 0 Å². The minimum absolute atomic E-state index is 0.146. The Morgan fingerprint density at radius 1 is 1.14 bits per heavy atom. The van der Waals surface area contributed by atoms with Gasteiger partial charge in [-0.1, -0.05) is 11.6 Å². The van der Waals surface area contributed by atoms with Gasteiger partial charge in [0.1, 0.15) is 18.2 Å². The van der Waals surface area contributed by atoms with Crippen molar-refractivity contribution in [3.05, 3.63) is 15.3 Å². The van der Waals surface area contributed by atoms with Crippen LogP contribution in [0, 0.1) is 3.83 Å². The molecule has 1 aliphatic rings. The Kier molecular flexibility index (Phi) is 6.53. The number of halogens is 2. The maximum atomic E-state index is 11.7. The highest BCUT2D eigenvalue weighted by Crippen LogP contribution is 2.36. The molecule has 0 saturated carbocycles. The number of carbonyl (C=O) groups is 3. The van der Waals surface area contributed by atoms with Gasteiger partial charge < -0.3 is 18.9 Å². The molecule has 3 rings (SSSR count). The maximum absolute atomic E-state index is 11.7. The third-order valence-corrected chi connectivity index (χ3v) is 4.71. The third-order valence-electron chi connectivity index (χ3n) is 3.97. The van der Waals surface area contributed by atoms with E-state index < -0.39 is 42.4 Å². The first kappa shape index (κ1) is 21.6. The highest BCUT2D eigenvalue weighted by Gasteiger charge is 2.51. The summed E-state index contributed by atoms with van der Waals surface area (Å²) in [6, 6.07) is 0. The van der Waals surface area contributed by atoms with E-state index in [0.29, 0.717) is 15.0 Å². The molecule has 156 valence electrons. The standard InChI is InChI=1S/C16H16ClIN4O7/c1-6(23)26-4-9-11(27-7(2)24)12(28-8(3)25)15(29-9)22-5-19-10-13(17)20-16(18)21-14(10)22/h5,9,11-12,15H,4H2,1-3H3/t9-,11-,12+,15-/m1/s1. The zero-order chi connectivity index (χ0) is 21.3. The second-order valence-electron chi connectivity index (χ2n) is 6.12. The summed E-state index contributed by atoms with van der Waals surface area (Å²) in [4.78, 5) is 47.1. The van der Waals surface area contributed by atoms with Gasteiger partial charge in [0.15, 0.2) is 33.1 Å². The van der Waals surface area contributed by atoms with E-state index in [1.165, 1.54) is 31.7 Å². The first-order chi connectivity index (χ1) is 13.7. The van der Waals surface area contributed by atoms with E-state index in [4.69, 9.17) is 30.5 Å². The van der Waals surface area contributed by atoms with Crippen molar-refractivity contribution in [1.82, 2.24) is 19.5 Å². The van der Waals surface area contributed by atoms with Gasteiger partial charge in [-0.15, -0.1) is 0 Å². The summed E-state index contributed by atoms with van der Waals surface area (Å²) in [5, 5.41) is 0.146.